The zero-order chi connectivity index (χ0) is 13.6. The fourth-order valence-corrected chi connectivity index (χ4v) is 19.4. The van der Waals surface area contributed by atoms with Crippen LogP contribution in [-0.4, -0.2) is 18.6 Å². The summed E-state index contributed by atoms with van der Waals surface area (Å²) in [6.07, 6.45) is 5.14. The standard InChI is InChI=1S/C16H12S4Si/c1-5-17-13-9(1)21(10-2-6-18-14(10)13)11-3-7-19-15(11)16-12(21)4-8-20-16/h1-10,13-14H. The van der Waals surface area contributed by atoms with Crippen molar-refractivity contribution in [3.63, 3.8) is 0 Å². The van der Waals surface area contributed by atoms with Crippen molar-refractivity contribution in [2.24, 2.45) is 0 Å². The van der Waals surface area contributed by atoms with E-state index in [1.807, 2.05) is 22.7 Å². The van der Waals surface area contributed by atoms with Crippen LogP contribution in [-0.2, 0) is 0 Å². The van der Waals surface area contributed by atoms with Crippen molar-refractivity contribution in [3.8, 4) is 9.75 Å². The molecule has 0 saturated carbocycles. The van der Waals surface area contributed by atoms with E-state index in [-0.39, 0.29) is 0 Å². The molecule has 0 amide bonds. The number of thioether (sulfide) groups is 2. The Labute approximate surface area is 141 Å². The lowest BCUT2D eigenvalue weighted by atomic mass is 10.2. The first-order valence-corrected chi connectivity index (χ1v) is 13.0. The number of rotatable bonds is 0. The van der Waals surface area contributed by atoms with Crippen LogP contribution >= 0.6 is 46.2 Å². The second kappa shape index (κ2) is 4.00. The van der Waals surface area contributed by atoms with Gasteiger partial charge in [-0.15, -0.1) is 46.2 Å². The molecule has 4 aliphatic heterocycles. The van der Waals surface area contributed by atoms with Crippen LogP contribution in [0.25, 0.3) is 9.75 Å². The van der Waals surface area contributed by atoms with Gasteiger partial charge in [0, 0.05) is 20.3 Å². The van der Waals surface area contributed by atoms with Gasteiger partial charge in [-0.3, -0.25) is 0 Å². The summed E-state index contributed by atoms with van der Waals surface area (Å²) in [6.45, 7) is 0. The minimum absolute atomic E-state index is 0.805. The van der Waals surface area contributed by atoms with E-state index >= 15 is 0 Å². The molecule has 0 radical (unpaired) electrons. The second-order valence-corrected chi connectivity index (χ2v) is 14.3. The molecule has 0 aromatic carbocycles. The minimum Gasteiger partial charge on any atom is -0.143 e. The van der Waals surface area contributed by atoms with E-state index in [1.165, 1.54) is 0 Å². The predicted molar refractivity (Wildman–Crippen MR) is 101 cm³/mol. The summed E-state index contributed by atoms with van der Waals surface area (Å²) >= 11 is 8.15. The predicted octanol–water partition coefficient (Wildman–Crippen LogP) is 4.37. The van der Waals surface area contributed by atoms with Gasteiger partial charge in [0.15, 0.2) is 0 Å². The normalized spacial score (nSPS) is 36.2. The van der Waals surface area contributed by atoms with Crippen molar-refractivity contribution in [1.29, 1.82) is 0 Å². The summed E-state index contributed by atoms with van der Waals surface area (Å²) in [5, 5.41) is 14.6. The smallest absolute Gasteiger partial charge is 0.137 e. The first-order chi connectivity index (χ1) is 10.4. The molecule has 104 valence electrons. The zero-order valence-corrected chi connectivity index (χ0v) is 15.3. The monoisotopic (exact) mass is 360 g/mol. The highest BCUT2D eigenvalue weighted by Crippen LogP contribution is 2.64. The lowest BCUT2D eigenvalue weighted by Gasteiger charge is -2.32. The van der Waals surface area contributed by atoms with Gasteiger partial charge in [-0.1, -0.05) is 24.3 Å². The number of thiophene rings is 2. The molecular formula is C16H12S4Si. The Hall–Kier alpha value is -0.203. The largest absolute Gasteiger partial charge is 0.143 e. The average Bonchev–Trinajstić information content (AvgIpc) is 3.26. The Morgan fingerprint density at radius 3 is 1.81 bits per heavy atom. The van der Waals surface area contributed by atoms with Gasteiger partial charge in [0.25, 0.3) is 0 Å². The maximum Gasteiger partial charge on any atom is 0.137 e. The number of hydrogen-bond acceptors (Lipinski definition) is 4. The Balaban J connectivity index is 1.74. The summed E-state index contributed by atoms with van der Waals surface area (Å²) in [6, 6.07) is 4.96. The van der Waals surface area contributed by atoms with Crippen LogP contribution in [0.1, 0.15) is 0 Å². The third-order valence-corrected chi connectivity index (χ3v) is 16.8. The van der Waals surface area contributed by atoms with Crippen molar-refractivity contribution >= 4 is 64.6 Å². The molecule has 4 unspecified atom stereocenters. The summed E-state index contributed by atoms with van der Waals surface area (Å²) < 4.78 is 0. The summed E-state index contributed by atoms with van der Waals surface area (Å²) in [4.78, 5) is 3.23. The highest BCUT2D eigenvalue weighted by molar-refractivity contribution is 8.07. The highest BCUT2D eigenvalue weighted by atomic mass is 32.2. The third kappa shape index (κ3) is 1.22. The second-order valence-electron chi connectivity index (χ2n) is 6.11. The molecule has 0 N–H and O–H groups in total. The topological polar surface area (TPSA) is 0 Å². The van der Waals surface area contributed by atoms with E-state index in [4.69, 9.17) is 0 Å². The van der Waals surface area contributed by atoms with E-state index in [0.717, 1.165) is 21.6 Å². The van der Waals surface area contributed by atoms with Crippen molar-refractivity contribution < 1.29 is 0 Å². The van der Waals surface area contributed by atoms with Gasteiger partial charge >= 0.3 is 0 Å². The van der Waals surface area contributed by atoms with Crippen LogP contribution in [0.4, 0.5) is 0 Å². The molecule has 4 atom stereocenters. The van der Waals surface area contributed by atoms with Crippen LogP contribution in [0.2, 0.25) is 11.1 Å². The van der Waals surface area contributed by atoms with Gasteiger partial charge in [-0.25, -0.2) is 0 Å². The molecule has 0 nitrogen and oxygen atoms in total. The van der Waals surface area contributed by atoms with Crippen LogP contribution in [0.3, 0.4) is 0 Å². The van der Waals surface area contributed by atoms with Gasteiger partial charge < -0.3 is 0 Å². The van der Waals surface area contributed by atoms with Crippen LogP contribution in [0, 0.1) is 0 Å². The van der Waals surface area contributed by atoms with E-state index in [0.29, 0.717) is 0 Å². The first-order valence-electron chi connectivity index (χ1n) is 7.23. The van der Waals surface area contributed by atoms with Crippen LogP contribution in [0.5, 0.6) is 0 Å². The molecule has 1 fully saturated rings. The van der Waals surface area contributed by atoms with Gasteiger partial charge in [0.05, 0.1) is 0 Å². The molecule has 5 heteroatoms. The molecule has 4 aliphatic rings. The van der Waals surface area contributed by atoms with Crippen molar-refractivity contribution in [2.45, 2.75) is 21.6 Å². The van der Waals surface area contributed by atoms with Gasteiger partial charge in [-0.2, -0.15) is 0 Å². The quantitative estimate of drug-likeness (QED) is 0.640. The van der Waals surface area contributed by atoms with E-state index < -0.39 is 8.07 Å². The molecule has 21 heavy (non-hydrogen) atoms. The minimum atomic E-state index is -1.66. The van der Waals surface area contributed by atoms with Crippen molar-refractivity contribution in [2.75, 3.05) is 0 Å². The zero-order valence-electron chi connectivity index (χ0n) is 11.1. The number of allylic oxidation sites excluding steroid dienone is 2. The fraction of sp³-hybridized carbons (Fsp3) is 0.250. The lowest BCUT2D eigenvalue weighted by Crippen LogP contribution is -2.58. The molecule has 2 aromatic rings. The number of fused-ring (bicyclic) bond motifs is 10. The first kappa shape index (κ1) is 12.2. The Bertz CT molecular complexity index is 746. The van der Waals surface area contributed by atoms with E-state index in [9.17, 15) is 0 Å². The summed E-state index contributed by atoms with van der Waals surface area (Å²) in [5.74, 6) is 0. The number of hydrogen-bond donors (Lipinski definition) is 0. The Kier molecular flexibility index (Phi) is 2.34. The Morgan fingerprint density at radius 2 is 1.29 bits per heavy atom. The summed E-state index contributed by atoms with van der Waals surface area (Å²) in [5.41, 5.74) is 1.61. The third-order valence-electron chi connectivity index (χ3n) is 5.55. The van der Waals surface area contributed by atoms with Gasteiger partial charge in [0.1, 0.15) is 8.07 Å². The molecule has 6 heterocycles. The SMILES string of the molecule is C1=CC2C(S1)C1SC=CC1[Si]21c2ccsc2-c2sccc21. The molecular weight excluding hydrogens is 349 g/mol. The summed E-state index contributed by atoms with van der Waals surface area (Å²) in [7, 11) is -1.66. The van der Waals surface area contributed by atoms with E-state index in [1.54, 1.807) is 20.1 Å². The highest BCUT2D eigenvalue weighted by Gasteiger charge is 2.67. The molecule has 6 rings (SSSR count). The maximum atomic E-state index is 2.57. The van der Waals surface area contributed by atoms with Crippen LogP contribution in [0.15, 0.2) is 45.9 Å². The van der Waals surface area contributed by atoms with Crippen molar-refractivity contribution in [1.82, 2.24) is 0 Å². The Morgan fingerprint density at radius 1 is 0.762 bits per heavy atom. The molecule has 1 saturated heterocycles. The molecule has 1 spiro atoms. The molecule has 0 bridgehead atoms. The molecule has 0 aliphatic carbocycles. The van der Waals surface area contributed by atoms with E-state index in [2.05, 4.69) is 69.4 Å². The maximum absolute atomic E-state index is 2.57. The molecule has 2 aromatic heterocycles. The van der Waals surface area contributed by atoms with Crippen molar-refractivity contribution in [3.05, 3.63) is 45.9 Å². The van der Waals surface area contributed by atoms with Crippen LogP contribution < -0.4 is 10.4 Å². The van der Waals surface area contributed by atoms with Gasteiger partial charge in [0.2, 0.25) is 0 Å². The van der Waals surface area contributed by atoms with Gasteiger partial charge in [-0.05, 0) is 43.0 Å². The lowest BCUT2D eigenvalue weighted by molar-refractivity contribution is 0.883. The fourth-order valence-electron chi connectivity index (χ4n) is 4.92. The average molecular weight is 361 g/mol.